The van der Waals surface area contributed by atoms with Gasteiger partial charge in [-0.15, -0.1) is 0 Å². The van der Waals surface area contributed by atoms with Crippen LogP contribution in [0, 0.1) is 0 Å². The molecule has 0 bridgehead atoms. The van der Waals surface area contributed by atoms with Gasteiger partial charge in [0.2, 0.25) is 0 Å². The number of aliphatic hydroxyl groups is 1. The second kappa shape index (κ2) is 10.3. The summed E-state index contributed by atoms with van der Waals surface area (Å²) in [6.45, 7) is 9.13. The minimum Gasteiger partial charge on any atom is -0.395 e. The molecule has 0 rings (SSSR count). The highest BCUT2D eigenvalue weighted by Crippen LogP contribution is 1.91. The lowest BCUT2D eigenvalue weighted by atomic mass is 10.4. The molecule has 5 heteroatoms. The Bertz CT molecular complexity index is 129. The molecule has 5 nitrogen and oxygen atoms in total. The van der Waals surface area contributed by atoms with Gasteiger partial charge >= 0.3 is 0 Å². The summed E-state index contributed by atoms with van der Waals surface area (Å²) in [5, 5.41) is 8.87. The molecule has 0 aromatic carbocycles. The van der Waals surface area contributed by atoms with Gasteiger partial charge in [-0.3, -0.25) is 4.90 Å². The van der Waals surface area contributed by atoms with E-state index in [0.29, 0.717) is 19.6 Å². The highest BCUT2D eigenvalue weighted by atomic mass is 16.3. The molecule has 0 unspecified atom stereocenters. The first-order chi connectivity index (χ1) is 7.28. The van der Waals surface area contributed by atoms with Crippen molar-refractivity contribution in [1.29, 1.82) is 0 Å². The average molecular weight is 218 g/mol. The van der Waals surface area contributed by atoms with Crippen LogP contribution in [0.1, 0.15) is 6.92 Å². The van der Waals surface area contributed by atoms with Gasteiger partial charge in [0.25, 0.3) is 0 Å². The van der Waals surface area contributed by atoms with E-state index >= 15 is 0 Å². The van der Waals surface area contributed by atoms with E-state index in [1.54, 1.807) is 0 Å². The van der Waals surface area contributed by atoms with Gasteiger partial charge in [0.15, 0.2) is 0 Å². The van der Waals surface area contributed by atoms with E-state index in [0.717, 1.165) is 32.7 Å². The maximum absolute atomic E-state index is 8.87. The van der Waals surface area contributed by atoms with Crippen LogP contribution >= 0.6 is 0 Å². The molecular formula is C10H26N4O. The van der Waals surface area contributed by atoms with Gasteiger partial charge in [-0.2, -0.15) is 0 Å². The first-order valence-corrected chi connectivity index (χ1v) is 5.74. The smallest absolute Gasteiger partial charge is 0.0558 e. The molecule has 0 fully saturated rings. The van der Waals surface area contributed by atoms with Crippen LogP contribution in [0.2, 0.25) is 0 Å². The minimum atomic E-state index is 0.197. The standard InChI is InChI=1S/C10H26N4O/c1-2-13(5-3-11)7-8-14(6-4-12)9-10-15/h15H,2-12H2,1H3. The SMILES string of the molecule is CCN(CCN)CCN(CCN)CCO. The first kappa shape index (κ1) is 14.8. The Labute approximate surface area is 93.0 Å². The number of hydrogen-bond donors (Lipinski definition) is 3. The van der Waals surface area contributed by atoms with Gasteiger partial charge in [0, 0.05) is 45.8 Å². The van der Waals surface area contributed by atoms with Crippen LogP contribution in [0.5, 0.6) is 0 Å². The molecule has 0 atom stereocenters. The van der Waals surface area contributed by atoms with Crippen LogP contribution in [-0.2, 0) is 0 Å². The van der Waals surface area contributed by atoms with Crippen LogP contribution in [0.3, 0.4) is 0 Å². The molecular weight excluding hydrogens is 192 g/mol. The van der Waals surface area contributed by atoms with E-state index in [1.807, 2.05) is 0 Å². The summed E-state index contributed by atoms with van der Waals surface area (Å²) in [4.78, 5) is 4.49. The predicted molar refractivity (Wildman–Crippen MR) is 63.7 cm³/mol. The van der Waals surface area contributed by atoms with Crippen LogP contribution in [0.4, 0.5) is 0 Å². The Kier molecular flexibility index (Phi) is 10.2. The predicted octanol–water partition coefficient (Wildman–Crippen LogP) is -1.48. The highest BCUT2D eigenvalue weighted by molar-refractivity contribution is 4.63. The van der Waals surface area contributed by atoms with Crippen LogP contribution < -0.4 is 11.5 Å². The summed E-state index contributed by atoms with van der Waals surface area (Å²) in [5.74, 6) is 0. The monoisotopic (exact) mass is 218 g/mol. The molecule has 0 radical (unpaired) electrons. The van der Waals surface area contributed by atoms with Crippen LogP contribution in [0.25, 0.3) is 0 Å². The Balaban J connectivity index is 3.73. The number of likely N-dealkylation sites (N-methyl/N-ethyl adjacent to an activating group) is 1. The van der Waals surface area contributed by atoms with Gasteiger partial charge in [-0.25, -0.2) is 0 Å². The Morgan fingerprint density at radius 2 is 1.40 bits per heavy atom. The van der Waals surface area contributed by atoms with Crippen molar-refractivity contribution < 1.29 is 5.11 Å². The quantitative estimate of drug-likeness (QED) is 0.417. The Morgan fingerprint density at radius 1 is 0.867 bits per heavy atom. The van der Waals surface area contributed by atoms with Crippen LogP contribution in [0.15, 0.2) is 0 Å². The zero-order valence-electron chi connectivity index (χ0n) is 9.86. The highest BCUT2D eigenvalue weighted by Gasteiger charge is 2.06. The Morgan fingerprint density at radius 3 is 1.87 bits per heavy atom. The lowest BCUT2D eigenvalue weighted by Crippen LogP contribution is -2.40. The third-order valence-electron chi connectivity index (χ3n) is 2.49. The lowest BCUT2D eigenvalue weighted by molar-refractivity contribution is 0.174. The van der Waals surface area contributed by atoms with E-state index in [2.05, 4.69) is 16.7 Å². The molecule has 15 heavy (non-hydrogen) atoms. The number of hydrogen-bond acceptors (Lipinski definition) is 5. The average Bonchev–Trinajstić information content (AvgIpc) is 2.24. The van der Waals surface area contributed by atoms with E-state index in [4.69, 9.17) is 16.6 Å². The van der Waals surface area contributed by atoms with Crippen molar-refractivity contribution in [2.45, 2.75) is 6.92 Å². The molecule has 0 aromatic heterocycles. The molecule has 0 heterocycles. The van der Waals surface area contributed by atoms with E-state index < -0.39 is 0 Å². The van der Waals surface area contributed by atoms with Gasteiger partial charge in [-0.1, -0.05) is 6.92 Å². The summed E-state index contributed by atoms with van der Waals surface area (Å²) < 4.78 is 0. The topological polar surface area (TPSA) is 78.8 Å². The number of nitrogens with zero attached hydrogens (tertiary/aromatic N) is 2. The molecule has 5 N–H and O–H groups in total. The van der Waals surface area contributed by atoms with Gasteiger partial charge in [0.05, 0.1) is 6.61 Å². The molecule has 92 valence electrons. The summed E-state index contributed by atoms with van der Waals surface area (Å²) in [6, 6.07) is 0. The van der Waals surface area contributed by atoms with Gasteiger partial charge in [-0.05, 0) is 6.54 Å². The second-order valence-corrected chi connectivity index (χ2v) is 3.58. The normalized spacial score (nSPS) is 11.6. The molecule has 0 aliphatic heterocycles. The fourth-order valence-electron chi connectivity index (χ4n) is 1.55. The fraction of sp³-hybridized carbons (Fsp3) is 1.00. The third-order valence-corrected chi connectivity index (χ3v) is 2.49. The van der Waals surface area contributed by atoms with Crippen molar-refractivity contribution in [3.8, 4) is 0 Å². The van der Waals surface area contributed by atoms with Gasteiger partial charge < -0.3 is 21.5 Å². The van der Waals surface area contributed by atoms with Gasteiger partial charge in [0.1, 0.15) is 0 Å². The zero-order chi connectivity index (χ0) is 11.5. The second-order valence-electron chi connectivity index (χ2n) is 3.58. The van der Waals surface area contributed by atoms with E-state index in [1.165, 1.54) is 0 Å². The minimum absolute atomic E-state index is 0.197. The third kappa shape index (κ3) is 7.70. The molecule has 0 aliphatic rings. The summed E-state index contributed by atoms with van der Waals surface area (Å²) in [7, 11) is 0. The number of aliphatic hydroxyl groups excluding tert-OH is 1. The summed E-state index contributed by atoms with van der Waals surface area (Å²) in [5.41, 5.74) is 11.0. The molecule has 0 aromatic rings. The largest absolute Gasteiger partial charge is 0.395 e. The van der Waals surface area contributed by atoms with Crippen molar-refractivity contribution >= 4 is 0 Å². The van der Waals surface area contributed by atoms with E-state index in [-0.39, 0.29) is 6.61 Å². The molecule has 0 saturated carbocycles. The molecule has 0 spiro atoms. The summed E-state index contributed by atoms with van der Waals surface area (Å²) in [6.07, 6.45) is 0. The van der Waals surface area contributed by atoms with Crippen LogP contribution in [-0.4, -0.2) is 73.9 Å². The lowest BCUT2D eigenvalue weighted by Gasteiger charge is -2.25. The Hall–Kier alpha value is -0.200. The van der Waals surface area contributed by atoms with E-state index in [9.17, 15) is 0 Å². The van der Waals surface area contributed by atoms with Crippen molar-refractivity contribution in [3.05, 3.63) is 0 Å². The maximum Gasteiger partial charge on any atom is 0.0558 e. The molecule has 0 amide bonds. The summed E-state index contributed by atoms with van der Waals surface area (Å²) >= 11 is 0. The first-order valence-electron chi connectivity index (χ1n) is 5.74. The molecule has 0 aliphatic carbocycles. The number of rotatable bonds is 10. The zero-order valence-corrected chi connectivity index (χ0v) is 9.86. The molecule has 0 saturated heterocycles. The fourth-order valence-corrected chi connectivity index (χ4v) is 1.55. The van der Waals surface area contributed by atoms with Crippen molar-refractivity contribution in [2.75, 3.05) is 59.0 Å². The van der Waals surface area contributed by atoms with Crippen molar-refractivity contribution in [1.82, 2.24) is 9.80 Å². The van der Waals surface area contributed by atoms with Crippen molar-refractivity contribution in [2.24, 2.45) is 11.5 Å². The number of nitrogens with two attached hydrogens (primary N) is 2. The maximum atomic E-state index is 8.87. The van der Waals surface area contributed by atoms with Crippen molar-refractivity contribution in [3.63, 3.8) is 0 Å².